The summed E-state index contributed by atoms with van der Waals surface area (Å²) >= 11 is 13.5. The molecule has 2 aromatic carbocycles. The highest BCUT2D eigenvalue weighted by Crippen LogP contribution is 2.34. The van der Waals surface area contributed by atoms with Crippen molar-refractivity contribution in [3.8, 4) is 0 Å². The van der Waals surface area contributed by atoms with Gasteiger partial charge in [0.2, 0.25) is 11.8 Å². The van der Waals surface area contributed by atoms with Crippen molar-refractivity contribution in [2.75, 3.05) is 11.9 Å². The second kappa shape index (κ2) is 10.1. The van der Waals surface area contributed by atoms with Gasteiger partial charge >= 0.3 is 0 Å². The minimum atomic E-state index is -0.540. The molecule has 1 aliphatic heterocycles. The van der Waals surface area contributed by atoms with Crippen LogP contribution >= 0.6 is 35.0 Å². The Labute approximate surface area is 197 Å². The van der Waals surface area contributed by atoms with Crippen LogP contribution in [0.4, 0.5) is 11.4 Å². The fraction of sp³-hybridized carbons (Fsp3) is 0.348. The van der Waals surface area contributed by atoms with E-state index in [0.717, 1.165) is 16.8 Å². The summed E-state index contributed by atoms with van der Waals surface area (Å²) in [5.74, 6) is -0.131. The van der Waals surface area contributed by atoms with Crippen LogP contribution in [0.5, 0.6) is 0 Å². The van der Waals surface area contributed by atoms with Crippen molar-refractivity contribution in [2.24, 2.45) is 10.9 Å². The van der Waals surface area contributed by atoms with E-state index in [-0.39, 0.29) is 29.2 Å². The number of aryl methyl sites for hydroxylation is 2. The molecular formula is C23H25Cl2N3O2S. The van der Waals surface area contributed by atoms with E-state index in [1.165, 1.54) is 11.8 Å². The number of anilines is 1. The van der Waals surface area contributed by atoms with Crippen molar-refractivity contribution in [3.63, 3.8) is 0 Å². The molecule has 0 bridgehead atoms. The Hall–Kier alpha value is -2.02. The fourth-order valence-electron chi connectivity index (χ4n) is 3.35. The summed E-state index contributed by atoms with van der Waals surface area (Å²) < 4.78 is 0. The maximum Gasteiger partial charge on any atom is 0.242 e. The van der Waals surface area contributed by atoms with Gasteiger partial charge in [0.25, 0.3) is 0 Å². The summed E-state index contributed by atoms with van der Waals surface area (Å²) in [6, 6.07) is 11.1. The molecule has 0 radical (unpaired) electrons. The van der Waals surface area contributed by atoms with E-state index in [2.05, 4.69) is 11.4 Å². The Morgan fingerprint density at radius 1 is 1.19 bits per heavy atom. The topological polar surface area (TPSA) is 61.8 Å². The molecule has 5 nitrogen and oxygen atoms in total. The van der Waals surface area contributed by atoms with Crippen LogP contribution in [-0.4, -0.2) is 33.7 Å². The number of hydrogen-bond donors (Lipinski definition) is 1. The largest absolute Gasteiger partial charge is 0.325 e. The van der Waals surface area contributed by atoms with Crippen LogP contribution in [0.3, 0.4) is 0 Å². The van der Waals surface area contributed by atoms with Gasteiger partial charge in [0.15, 0.2) is 5.17 Å². The van der Waals surface area contributed by atoms with Crippen molar-refractivity contribution >= 4 is 63.3 Å². The maximum atomic E-state index is 13.1. The van der Waals surface area contributed by atoms with Gasteiger partial charge in [0.1, 0.15) is 5.25 Å². The molecule has 3 rings (SSSR count). The number of rotatable bonds is 6. The molecule has 2 aromatic rings. The number of halogens is 2. The number of amidine groups is 1. The highest BCUT2D eigenvalue weighted by atomic mass is 35.5. The van der Waals surface area contributed by atoms with E-state index in [0.29, 0.717) is 22.4 Å². The summed E-state index contributed by atoms with van der Waals surface area (Å²) in [5, 5.41) is 3.48. The first-order valence-corrected chi connectivity index (χ1v) is 11.7. The molecule has 1 fully saturated rings. The van der Waals surface area contributed by atoms with E-state index in [4.69, 9.17) is 28.2 Å². The van der Waals surface area contributed by atoms with Gasteiger partial charge in [-0.3, -0.25) is 14.5 Å². The molecule has 0 aromatic heterocycles. The quantitative estimate of drug-likeness (QED) is 0.536. The van der Waals surface area contributed by atoms with Crippen molar-refractivity contribution in [1.29, 1.82) is 0 Å². The third-order valence-electron chi connectivity index (χ3n) is 4.60. The molecular weight excluding hydrogens is 453 g/mol. The van der Waals surface area contributed by atoms with Gasteiger partial charge in [-0.2, -0.15) is 0 Å². The number of aliphatic imine (C=N–C) groups is 1. The smallest absolute Gasteiger partial charge is 0.242 e. The van der Waals surface area contributed by atoms with Crippen LogP contribution < -0.4 is 5.32 Å². The van der Waals surface area contributed by atoms with Crippen molar-refractivity contribution < 1.29 is 9.59 Å². The van der Waals surface area contributed by atoms with Crippen LogP contribution in [0, 0.1) is 19.8 Å². The van der Waals surface area contributed by atoms with Crippen molar-refractivity contribution in [1.82, 2.24) is 4.90 Å². The Kier molecular flexibility index (Phi) is 7.68. The lowest BCUT2D eigenvalue weighted by Crippen LogP contribution is -2.36. The van der Waals surface area contributed by atoms with Gasteiger partial charge in [0, 0.05) is 13.0 Å². The first kappa shape index (κ1) is 23.6. The lowest BCUT2D eigenvalue weighted by Gasteiger charge is -2.18. The van der Waals surface area contributed by atoms with Crippen molar-refractivity contribution in [2.45, 2.75) is 39.4 Å². The van der Waals surface area contributed by atoms with E-state index >= 15 is 0 Å². The van der Waals surface area contributed by atoms with Crippen LogP contribution in [-0.2, 0) is 9.59 Å². The minimum Gasteiger partial charge on any atom is -0.325 e. The summed E-state index contributed by atoms with van der Waals surface area (Å²) in [5.41, 5.74) is 3.45. The number of thioether (sulfide) groups is 1. The van der Waals surface area contributed by atoms with Gasteiger partial charge in [-0.15, -0.1) is 0 Å². The van der Waals surface area contributed by atoms with Gasteiger partial charge in [0.05, 0.1) is 21.4 Å². The predicted octanol–water partition coefficient (Wildman–Crippen LogP) is 6.23. The standard InChI is InChI=1S/C23H25Cl2N3O2S/c1-13(2)12-28-22(30)19(11-20(29)27-18-7-5-6-17(24)21(18)25)31-23(28)26-16-9-14(3)8-15(4)10-16/h5-10,13,19H,11-12H2,1-4H3,(H,27,29). The fourth-order valence-corrected chi connectivity index (χ4v) is 4.87. The predicted molar refractivity (Wildman–Crippen MR) is 131 cm³/mol. The third kappa shape index (κ3) is 6.03. The second-order valence-corrected chi connectivity index (χ2v) is 10.00. The van der Waals surface area contributed by atoms with Gasteiger partial charge in [-0.05, 0) is 55.2 Å². The molecule has 2 amide bonds. The average molecular weight is 478 g/mol. The van der Waals surface area contributed by atoms with Crippen LogP contribution in [0.2, 0.25) is 10.0 Å². The Balaban J connectivity index is 1.80. The lowest BCUT2D eigenvalue weighted by atomic mass is 10.1. The third-order valence-corrected chi connectivity index (χ3v) is 6.59. The van der Waals surface area contributed by atoms with E-state index in [1.54, 1.807) is 23.1 Å². The second-order valence-electron chi connectivity index (χ2n) is 8.04. The Morgan fingerprint density at radius 3 is 2.52 bits per heavy atom. The highest BCUT2D eigenvalue weighted by molar-refractivity contribution is 8.15. The molecule has 0 spiro atoms. The van der Waals surface area contributed by atoms with E-state index in [1.807, 2.05) is 39.8 Å². The molecule has 1 atom stereocenters. The zero-order chi connectivity index (χ0) is 22.7. The molecule has 1 unspecified atom stereocenters. The zero-order valence-corrected chi connectivity index (χ0v) is 20.2. The maximum absolute atomic E-state index is 13.1. The molecule has 1 aliphatic rings. The molecule has 0 aliphatic carbocycles. The Morgan fingerprint density at radius 2 is 1.87 bits per heavy atom. The van der Waals surface area contributed by atoms with Gasteiger partial charge in [-0.25, -0.2) is 4.99 Å². The molecule has 31 heavy (non-hydrogen) atoms. The van der Waals surface area contributed by atoms with Crippen molar-refractivity contribution in [3.05, 3.63) is 57.6 Å². The molecule has 0 saturated carbocycles. The first-order valence-electron chi connectivity index (χ1n) is 10.0. The van der Waals surface area contributed by atoms with Gasteiger partial charge < -0.3 is 5.32 Å². The van der Waals surface area contributed by atoms with Crippen LogP contribution in [0.15, 0.2) is 41.4 Å². The first-order chi connectivity index (χ1) is 14.6. The monoisotopic (exact) mass is 477 g/mol. The van der Waals surface area contributed by atoms with E-state index in [9.17, 15) is 9.59 Å². The lowest BCUT2D eigenvalue weighted by molar-refractivity contribution is -0.128. The molecule has 1 N–H and O–H groups in total. The number of hydrogen-bond acceptors (Lipinski definition) is 4. The molecule has 1 heterocycles. The highest BCUT2D eigenvalue weighted by Gasteiger charge is 2.39. The Bertz CT molecular complexity index is 1020. The summed E-state index contributed by atoms with van der Waals surface area (Å²) in [7, 11) is 0. The summed E-state index contributed by atoms with van der Waals surface area (Å²) in [4.78, 5) is 32.1. The number of carbonyl (C=O) groups is 2. The van der Waals surface area contributed by atoms with Crippen LogP contribution in [0.1, 0.15) is 31.4 Å². The minimum absolute atomic E-state index is 0.0206. The SMILES string of the molecule is Cc1cc(C)cc(N=C2SC(CC(=O)Nc3cccc(Cl)c3Cl)C(=O)N2CC(C)C)c1. The number of nitrogens with zero attached hydrogens (tertiary/aromatic N) is 2. The summed E-state index contributed by atoms with van der Waals surface area (Å²) in [6.45, 7) is 8.68. The molecule has 1 saturated heterocycles. The van der Waals surface area contributed by atoms with E-state index < -0.39 is 5.25 Å². The zero-order valence-electron chi connectivity index (χ0n) is 17.9. The number of nitrogens with one attached hydrogen (secondary N) is 1. The van der Waals surface area contributed by atoms with Gasteiger partial charge in [-0.1, -0.05) is 60.9 Å². The molecule has 164 valence electrons. The van der Waals surface area contributed by atoms with Crippen LogP contribution in [0.25, 0.3) is 0 Å². The summed E-state index contributed by atoms with van der Waals surface area (Å²) in [6.07, 6.45) is 0.0206. The number of benzene rings is 2. The molecule has 8 heteroatoms. The normalized spacial score (nSPS) is 17.6. The number of amides is 2. The average Bonchev–Trinajstić information content (AvgIpc) is 2.93. The number of carbonyl (C=O) groups excluding carboxylic acids is 2.